The van der Waals surface area contributed by atoms with E-state index < -0.39 is 28.5 Å². The van der Waals surface area contributed by atoms with Crippen LogP contribution in [0.3, 0.4) is 0 Å². The number of para-hydroxylation sites is 2. The molecule has 4 rings (SSSR count). The van der Waals surface area contributed by atoms with Crippen LogP contribution in [0.2, 0.25) is 0 Å². The maximum Gasteiger partial charge on any atom is 0.264 e. The van der Waals surface area contributed by atoms with Crippen LogP contribution in [-0.4, -0.2) is 50.9 Å². The molecule has 0 aromatic heterocycles. The van der Waals surface area contributed by atoms with E-state index in [2.05, 4.69) is 5.32 Å². The van der Waals surface area contributed by atoms with Gasteiger partial charge in [0.15, 0.2) is 0 Å². The average molecular weight is 628 g/mol. The monoisotopic (exact) mass is 627 g/mol. The summed E-state index contributed by atoms with van der Waals surface area (Å²) in [5.74, 6) is -0.485. The third-order valence-corrected chi connectivity index (χ3v) is 9.11. The fraction of sp³-hybridized carbons (Fsp3) is 0.278. The number of benzene rings is 4. The van der Waals surface area contributed by atoms with Gasteiger partial charge in [-0.3, -0.25) is 13.9 Å². The Labute approximate surface area is 266 Å². The van der Waals surface area contributed by atoms with Gasteiger partial charge in [-0.05, 0) is 55.7 Å². The van der Waals surface area contributed by atoms with Crippen molar-refractivity contribution < 1.29 is 22.7 Å². The number of hydrogen-bond acceptors (Lipinski definition) is 5. The van der Waals surface area contributed by atoms with E-state index in [1.165, 1.54) is 17.0 Å². The number of hydrogen-bond donors (Lipinski definition) is 1. The number of nitrogens with one attached hydrogen (secondary N) is 1. The zero-order valence-electron chi connectivity index (χ0n) is 26.1. The second-order valence-electron chi connectivity index (χ2n) is 10.7. The molecule has 0 aliphatic heterocycles. The van der Waals surface area contributed by atoms with Crippen LogP contribution in [0.5, 0.6) is 5.75 Å². The molecule has 1 N–H and O–H groups in total. The Balaban J connectivity index is 1.82. The van der Waals surface area contributed by atoms with E-state index in [0.29, 0.717) is 18.9 Å². The van der Waals surface area contributed by atoms with Crippen molar-refractivity contribution in [2.45, 2.75) is 51.1 Å². The number of nitrogens with zero attached hydrogens (tertiary/aromatic N) is 2. The van der Waals surface area contributed by atoms with E-state index in [1.807, 2.05) is 75.4 Å². The number of aryl methyl sites for hydroxylation is 1. The zero-order chi connectivity index (χ0) is 32.2. The first kappa shape index (κ1) is 33.3. The third-order valence-electron chi connectivity index (χ3n) is 7.34. The molecule has 0 heterocycles. The van der Waals surface area contributed by atoms with Gasteiger partial charge < -0.3 is 15.0 Å². The first-order valence-corrected chi connectivity index (χ1v) is 16.6. The molecule has 0 aliphatic carbocycles. The lowest BCUT2D eigenvalue weighted by molar-refractivity contribution is -0.140. The molecule has 0 spiro atoms. The fourth-order valence-corrected chi connectivity index (χ4v) is 6.43. The maximum atomic E-state index is 14.6. The van der Waals surface area contributed by atoms with Crippen molar-refractivity contribution in [1.29, 1.82) is 0 Å². The molecule has 1 atom stereocenters. The Bertz CT molecular complexity index is 1650. The minimum absolute atomic E-state index is 0.0377. The van der Waals surface area contributed by atoms with Crippen molar-refractivity contribution in [1.82, 2.24) is 10.2 Å². The smallest absolute Gasteiger partial charge is 0.264 e. The number of sulfonamides is 1. The zero-order valence-corrected chi connectivity index (χ0v) is 26.9. The quantitative estimate of drug-likeness (QED) is 0.181. The molecule has 2 amide bonds. The molecular weight excluding hydrogens is 586 g/mol. The minimum atomic E-state index is -4.22. The van der Waals surface area contributed by atoms with E-state index in [9.17, 15) is 18.0 Å². The highest BCUT2D eigenvalue weighted by molar-refractivity contribution is 7.92. The molecule has 4 aromatic carbocycles. The molecule has 4 aromatic rings. The van der Waals surface area contributed by atoms with Gasteiger partial charge in [-0.15, -0.1) is 0 Å². The molecule has 9 heteroatoms. The Morgan fingerprint density at radius 2 is 1.42 bits per heavy atom. The number of carbonyl (C=O) groups excluding carboxylic acids is 2. The van der Waals surface area contributed by atoms with E-state index in [0.717, 1.165) is 27.4 Å². The van der Waals surface area contributed by atoms with Gasteiger partial charge in [-0.25, -0.2) is 8.42 Å². The summed E-state index contributed by atoms with van der Waals surface area (Å²) in [7, 11) is -4.22. The molecule has 236 valence electrons. The molecule has 0 aliphatic rings. The second kappa shape index (κ2) is 15.9. The number of rotatable bonds is 15. The summed E-state index contributed by atoms with van der Waals surface area (Å²) >= 11 is 0. The first-order chi connectivity index (χ1) is 21.7. The number of ether oxygens (including phenoxy) is 1. The van der Waals surface area contributed by atoms with E-state index in [1.54, 1.807) is 42.5 Å². The molecule has 0 saturated carbocycles. The van der Waals surface area contributed by atoms with Crippen molar-refractivity contribution in [2.75, 3.05) is 24.0 Å². The highest BCUT2D eigenvalue weighted by Crippen LogP contribution is 2.33. The maximum absolute atomic E-state index is 14.6. The number of carbonyl (C=O) groups is 2. The molecule has 0 bridgehead atoms. The Morgan fingerprint density at radius 3 is 2.07 bits per heavy atom. The predicted octanol–water partition coefficient (Wildman–Crippen LogP) is 5.76. The molecule has 8 nitrogen and oxygen atoms in total. The van der Waals surface area contributed by atoms with Crippen molar-refractivity contribution >= 4 is 27.5 Å². The van der Waals surface area contributed by atoms with Crippen molar-refractivity contribution in [2.24, 2.45) is 0 Å². The number of amides is 2. The summed E-state index contributed by atoms with van der Waals surface area (Å²) in [6, 6.07) is 31.1. The van der Waals surface area contributed by atoms with Crippen LogP contribution in [0.25, 0.3) is 0 Å². The molecular formula is C36H41N3O5S. The predicted molar refractivity (Wildman–Crippen MR) is 178 cm³/mol. The lowest BCUT2D eigenvalue weighted by atomic mass is 10.0. The largest absolute Gasteiger partial charge is 0.492 e. The minimum Gasteiger partial charge on any atom is -0.492 e. The Morgan fingerprint density at radius 1 is 0.800 bits per heavy atom. The van der Waals surface area contributed by atoms with Crippen LogP contribution < -0.4 is 14.4 Å². The lowest BCUT2D eigenvalue weighted by Gasteiger charge is -2.34. The second-order valence-corrected chi connectivity index (χ2v) is 12.6. The highest BCUT2D eigenvalue weighted by Gasteiger charge is 2.35. The summed E-state index contributed by atoms with van der Waals surface area (Å²) in [5.41, 5.74) is 3.00. The van der Waals surface area contributed by atoms with Gasteiger partial charge in [0.25, 0.3) is 10.0 Å². The van der Waals surface area contributed by atoms with Crippen molar-refractivity contribution in [3.05, 3.63) is 126 Å². The summed E-state index contributed by atoms with van der Waals surface area (Å²) in [4.78, 5) is 29.8. The Hall–Kier alpha value is -4.63. The van der Waals surface area contributed by atoms with Crippen LogP contribution in [0.1, 0.15) is 37.0 Å². The van der Waals surface area contributed by atoms with Crippen LogP contribution in [-0.2, 0) is 32.6 Å². The fourth-order valence-electron chi connectivity index (χ4n) is 4.98. The average Bonchev–Trinajstić information content (AvgIpc) is 3.06. The van der Waals surface area contributed by atoms with Crippen LogP contribution in [0.4, 0.5) is 5.69 Å². The van der Waals surface area contributed by atoms with Gasteiger partial charge in [0, 0.05) is 19.5 Å². The third kappa shape index (κ3) is 8.73. The summed E-state index contributed by atoms with van der Waals surface area (Å²) in [5, 5.41) is 2.97. The molecule has 0 radical (unpaired) electrons. The van der Waals surface area contributed by atoms with E-state index in [-0.39, 0.29) is 29.5 Å². The van der Waals surface area contributed by atoms with Crippen molar-refractivity contribution in [3.8, 4) is 5.75 Å². The molecule has 1 unspecified atom stereocenters. The normalized spacial score (nSPS) is 11.8. The summed E-state index contributed by atoms with van der Waals surface area (Å²) in [6.07, 6.45) is 0.988. The van der Waals surface area contributed by atoms with Gasteiger partial charge in [-0.2, -0.15) is 0 Å². The summed E-state index contributed by atoms with van der Waals surface area (Å²) < 4.78 is 35.3. The lowest BCUT2D eigenvalue weighted by Crippen LogP contribution is -2.53. The number of anilines is 1. The molecule has 0 saturated heterocycles. The van der Waals surface area contributed by atoms with Crippen LogP contribution in [0, 0.1) is 6.92 Å². The van der Waals surface area contributed by atoms with E-state index >= 15 is 0 Å². The summed E-state index contributed by atoms with van der Waals surface area (Å²) in [6.45, 7) is 6.08. The van der Waals surface area contributed by atoms with Gasteiger partial charge in [0.05, 0.1) is 17.2 Å². The van der Waals surface area contributed by atoms with Crippen LogP contribution in [0.15, 0.2) is 114 Å². The van der Waals surface area contributed by atoms with Gasteiger partial charge in [0.1, 0.15) is 18.3 Å². The van der Waals surface area contributed by atoms with Gasteiger partial charge in [0.2, 0.25) is 11.8 Å². The topological polar surface area (TPSA) is 96.0 Å². The van der Waals surface area contributed by atoms with E-state index in [4.69, 9.17) is 4.74 Å². The Kier molecular flexibility index (Phi) is 11.8. The molecule has 0 fully saturated rings. The van der Waals surface area contributed by atoms with Crippen molar-refractivity contribution in [3.63, 3.8) is 0 Å². The molecule has 45 heavy (non-hydrogen) atoms. The van der Waals surface area contributed by atoms with Gasteiger partial charge in [-0.1, -0.05) is 97.4 Å². The van der Waals surface area contributed by atoms with Crippen LogP contribution >= 0.6 is 0 Å². The highest BCUT2D eigenvalue weighted by atomic mass is 32.2. The van der Waals surface area contributed by atoms with Gasteiger partial charge >= 0.3 is 0 Å². The first-order valence-electron chi connectivity index (χ1n) is 15.2. The standard InChI is InChI=1S/C36H41N3O5S/c1-4-24-37-36(41)33(25-29-14-8-6-9-15-29)38(26-30-22-20-28(3)21-23-30)35(40)27-39(32-18-12-13-19-34(32)44-5-2)45(42,43)31-16-10-7-11-17-31/h6-23,33H,4-5,24-27H2,1-3H3,(H,37,41). The SMILES string of the molecule is CCCNC(=O)C(Cc1ccccc1)N(Cc1ccc(C)cc1)C(=O)CN(c1ccccc1OCC)S(=O)(=O)c1ccccc1.